The second-order valence-corrected chi connectivity index (χ2v) is 21.3. The Hall–Kier alpha value is -3.94. The van der Waals surface area contributed by atoms with Crippen molar-refractivity contribution in [3.8, 4) is 0 Å². The highest BCUT2D eigenvalue weighted by Gasteiger charge is 2.78. The summed E-state index contributed by atoms with van der Waals surface area (Å²) >= 11 is 0. The molecular weight excluding hydrogens is 859 g/mol. The molecule has 0 radical (unpaired) electrons. The number of benzene rings is 1. The second kappa shape index (κ2) is 18.9. The lowest BCUT2D eigenvalue weighted by atomic mass is 9.44. The number of ether oxygens (including phenoxy) is 6. The standard InChI is InChI=1S/C45H61NO15S2/c1-23(2)19-27(46-40(54)61-41(5,6)7)33(50)39(53)57-28-21-45(55)37(59-38(52)26-15-13-12-14-16-26)35-43(10,29(48)20-30-44(35,22-56-30)60-25(4)47)36(51)34(32(24(28)3)42(45,8)9)58-31(49)17-18-63-62-11/h12-16,19,27-30,33-35,37,48,50,55H,17-18,20-22H2,1-11H3,(H,46,54)/t27-,28-,29-,30+,33+,34+,35-,37-,43+,44-,45+/m0/s1. The highest BCUT2D eigenvalue weighted by atomic mass is 33.1. The minimum atomic E-state index is -2.40. The fraction of sp³-hybridized carbons (Fsp3) is 0.644. The number of esters is 4. The molecular formula is C45H61NO15S2. The summed E-state index contributed by atoms with van der Waals surface area (Å²) in [5.74, 6) is -5.81. The van der Waals surface area contributed by atoms with Gasteiger partial charge in [-0.3, -0.25) is 14.4 Å². The summed E-state index contributed by atoms with van der Waals surface area (Å²) in [6, 6.07) is 6.51. The van der Waals surface area contributed by atoms with Crippen LogP contribution >= 0.6 is 21.6 Å². The van der Waals surface area contributed by atoms with E-state index in [4.69, 9.17) is 28.4 Å². The highest BCUT2D eigenvalue weighted by molar-refractivity contribution is 8.76. The minimum Gasteiger partial charge on any atom is -0.456 e. The number of rotatable bonds is 13. The highest BCUT2D eigenvalue weighted by Crippen LogP contribution is 2.64. The molecule has 3 fully saturated rings. The number of aliphatic hydroxyl groups is 3. The molecule has 2 saturated carbocycles. The van der Waals surface area contributed by atoms with Gasteiger partial charge in [0.25, 0.3) is 0 Å². The largest absolute Gasteiger partial charge is 0.456 e. The summed E-state index contributed by atoms with van der Waals surface area (Å²) < 4.78 is 36.0. The molecule has 348 valence electrons. The monoisotopic (exact) mass is 919 g/mol. The molecule has 1 aromatic rings. The van der Waals surface area contributed by atoms with Crippen molar-refractivity contribution in [1.29, 1.82) is 0 Å². The van der Waals surface area contributed by atoms with Crippen LogP contribution in [0.15, 0.2) is 53.1 Å². The van der Waals surface area contributed by atoms with Crippen molar-refractivity contribution in [1.82, 2.24) is 5.32 Å². The molecule has 2 bridgehead atoms. The third-order valence-corrected chi connectivity index (χ3v) is 14.5. The number of aliphatic hydroxyl groups excluding tert-OH is 2. The molecule has 4 aliphatic rings. The molecule has 0 spiro atoms. The maximum atomic E-state index is 15.7. The van der Waals surface area contributed by atoms with E-state index < -0.39 is 118 Å². The smallest absolute Gasteiger partial charge is 0.408 e. The molecule has 63 heavy (non-hydrogen) atoms. The normalized spacial score (nSPS) is 31.8. The van der Waals surface area contributed by atoms with Crippen molar-refractivity contribution < 1.29 is 72.5 Å². The Morgan fingerprint density at radius 1 is 1.03 bits per heavy atom. The summed E-state index contributed by atoms with van der Waals surface area (Å²) in [5.41, 5.74) is -7.95. The number of Topliss-reactive ketones (excluding diaryl/α,β-unsaturated/α-hetero) is 1. The van der Waals surface area contributed by atoms with Crippen molar-refractivity contribution in [2.75, 3.05) is 18.6 Å². The van der Waals surface area contributed by atoms with Crippen molar-refractivity contribution in [3.63, 3.8) is 0 Å². The summed E-state index contributed by atoms with van der Waals surface area (Å²) in [7, 11) is 2.82. The van der Waals surface area contributed by atoms with E-state index in [0.29, 0.717) is 11.3 Å². The Kier molecular flexibility index (Phi) is 15.0. The molecule has 11 atom stereocenters. The van der Waals surface area contributed by atoms with Gasteiger partial charge in [0.2, 0.25) is 0 Å². The van der Waals surface area contributed by atoms with Crippen LogP contribution in [-0.4, -0.2) is 129 Å². The molecule has 1 aromatic carbocycles. The van der Waals surface area contributed by atoms with Crippen LogP contribution in [0, 0.1) is 16.7 Å². The molecule has 16 nitrogen and oxygen atoms in total. The zero-order valence-corrected chi connectivity index (χ0v) is 39.3. The third-order valence-electron chi connectivity index (χ3n) is 12.7. The van der Waals surface area contributed by atoms with Crippen LogP contribution < -0.4 is 5.32 Å². The van der Waals surface area contributed by atoms with E-state index in [9.17, 15) is 39.3 Å². The van der Waals surface area contributed by atoms with Gasteiger partial charge in [-0.25, -0.2) is 14.4 Å². The number of carbonyl (C=O) groups is 6. The third kappa shape index (κ3) is 9.71. The van der Waals surface area contributed by atoms with Gasteiger partial charge in [-0.1, -0.05) is 65.3 Å². The number of amides is 1. The van der Waals surface area contributed by atoms with E-state index in [-0.39, 0.29) is 36.2 Å². The average molecular weight is 920 g/mol. The van der Waals surface area contributed by atoms with Gasteiger partial charge in [0.15, 0.2) is 23.6 Å². The fourth-order valence-corrected chi connectivity index (χ4v) is 10.8. The maximum absolute atomic E-state index is 15.7. The Labute approximate surface area is 375 Å². The predicted octanol–water partition coefficient (Wildman–Crippen LogP) is 4.81. The van der Waals surface area contributed by atoms with Gasteiger partial charge in [-0.15, -0.1) is 0 Å². The van der Waals surface area contributed by atoms with Gasteiger partial charge >= 0.3 is 30.0 Å². The molecule has 0 unspecified atom stereocenters. The second-order valence-electron chi connectivity index (χ2n) is 18.7. The molecule has 0 aromatic heterocycles. The van der Waals surface area contributed by atoms with Gasteiger partial charge < -0.3 is 49.1 Å². The number of hydrogen-bond donors (Lipinski definition) is 4. The number of hydrogen-bond acceptors (Lipinski definition) is 17. The Balaban J connectivity index is 1.75. The molecule has 3 aliphatic carbocycles. The molecule has 1 heterocycles. The number of nitrogens with one attached hydrogen (secondary N) is 1. The zero-order valence-electron chi connectivity index (χ0n) is 37.7. The summed E-state index contributed by atoms with van der Waals surface area (Å²) in [5, 5.41) is 39.9. The quantitative estimate of drug-likeness (QED) is 0.0684. The number of ketones is 1. The van der Waals surface area contributed by atoms with Crippen LogP contribution in [0.25, 0.3) is 0 Å². The van der Waals surface area contributed by atoms with E-state index in [0.717, 1.165) is 6.92 Å². The van der Waals surface area contributed by atoms with Crippen LogP contribution in [0.4, 0.5) is 4.79 Å². The van der Waals surface area contributed by atoms with Gasteiger partial charge in [0.05, 0.1) is 42.1 Å². The first kappa shape index (κ1) is 50.1. The molecule has 5 rings (SSSR count). The Bertz CT molecular complexity index is 2010. The maximum Gasteiger partial charge on any atom is 0.408 e. The van der Waals surface area contributed by atoms with Gasteiger partial charge in [-0.05, 0) is 78.0 Å². The first-order chi connectivity index (χ1) is 29.2. The average Bonchev–Trinajstić information content (AvgIpc) is 3.17. The molecule has 1 saturated heterocycles. The molecule has 1 amide bonds. The molecule has 1 aliphatic heterocycles. The number of carbonyl (C=O) groups excluding carboxylic acids is 6. The van der Waals surface area contributed by atoms with Crippen LogP contribution in [0.1, 0.15) is 98.9 Å². The Morgan fingerprint density at radius 3 is 2.24 bits per heavy atom. The molecule has 18 heteroatoms. The van der Waals surface area contributed by atoms with E-state index in [1.54, 1.807) is 66.7 Å². The van der Waals surface area contributed by atoms with Gasteiger partial charge in [0.1, 0.15) is 29.5 Å². The van der Waals surface area contributed by atoms with Crippen molar-refractivity contribution >= 4 is 57.3 Å². The van der Waals surface area contributed by atoms with Gasteiger partial charge in [0, 0.05) is 30.9 Å². The van der Waals surface area contributed by atoms with Crippen molar-refractivity contribution in [3.05, 3.63) is 58.7 Å². The minimum absolute atomic E-state index is 0.00768. The van der Waals surface area contributed by atoms with Crippen LogP contribution in [0.2, 0.25) is 0 Å². The SMILES string of the molecule is CSSCCC(=O)O[C@H]1C(=O)[C@@]2(C)[C@H]([C@H](OC(=O)c3ccccc3)[C@]3(O)C[C@H](OC(=O)[C@H](O)[C@H](C=C(C)C)NC(=O)OC(C)(C)C)C(C)=C1C3(C)C)[C@]1(OC(C)=O)CO[C@@H]1C[C@@H]2O. The van der Waals surface area contributed by atoms with Crippen molar-refractivity contribution in [2.24, 2.45) is 16.7 Å². The number of alkyl carbamates (subject to hydrolysis) is 1. The van der Waals surface area contributed by atoms with Crippen LogP contribution in [0.3, 0.4) is 0 Å². The zero-order chi connectivity index (χ0) is 47.0. The van der Waals surface area contributed by atoms with Crippen LogP contribution in [-0.2, 0) is 47.6 Å². The fourth-order valence-electron chi connectivity index (χ4n) is 9.62. The van der Waals surface area contributed by atoms with E-state index in [2.05, 4.69) is 5.32 Å². The van der Waals surface area contributed by atoms with Gasteiger partial charge in [-0.2, -0.15) is 0 Å². The topological polar surface area (TPSA) is 231 Å². The molecule has 4 N–H and O–H groups in total. The number of allylic oxidation sites excluding steroid dienone is 1. The van der Waals surface area contributed by atoms with Crippen LogP contribution in [0.5, 0.6) is 0 Å². The van der Waals surface area contributed by atoms with E-state index in [1.165, 1.54) is 53.6 Å². The first-order valence-electron chi connectivity index (χ1n) is 20.9. The lowest BCUT2D eigenvalue weighted by Gasteiger charge is -2.67. The first-order valence-corrected chi connectivity index (χ1v) is 23.6. The lowest BCUT2D eigenvalue weighted by Crippen LogP contribution is -2.82. The summed E-state index contributed by atoms with van der Waals surface area (Å²) in [6.45, 7) is 15.3. The summed E-state index contributed by atoms with van der Waals surface area (Å²) in [4.78, 5) is 83.8. The van der Waals surface area contributed by atoms with Crippen molar-refractivity contribution in [2.45, 2.75) is 148 Å². The van der Waals surface area contributed by atoms with E-state index >= 15 is 4.79 Å². The Morgan fingerprint density at radius 2 is 1.68 bits per heavy atom. The lowest BCUT2D eigenvalue weighted by molar-refractivity contribution is -0.346. The number of fused-ring (bicyclic) bond motifs is 5. The summed E-state index contributed by atoms with van der Waals surface area (Å²) in [6.07, 6.45) is -8.31. The van der Waals surface area contributed by atoms with E-state index in [1.807, 2.05) is 6.26 Å². The predicted molar refractivity (Wildman–Crippen MR) is 232 cm³/mol.